The number of piperazine rings is 1. The maximum absolute atomic E-state index is 6.04. The van der Waals surface area contributed by atoms with Crippen LogP contribution >= 0.6 is 0 Å². The van der Waals surface area contributed by atoms with Gasteiger partial charge in [-0.2, -0.15) is 0 Å². The molecule has 0 amide bonds. The minimum Gasteiger partial charge on any atom is -0.377 e. The number of likely N-dealkylation sites (tertiary alicyclic amines) is 1. The summed E-state index contributed by atoms with van der Waals surface area (Å²) in [6.45, 7) is 13.0. The molecule has 3 heterocycles. The Morgan fingerprint density at radius 2 is 1.45 bits per heavy atom. The summed E-state index contributed by atoms with van der Waals surface area (Å²) in [6, 6.07) is 0. The normalized spacial score (nSPS) is 27.3. The number of piperidine rings is 2. The Bertz CT molecular complexity index is 295. The number of hydrogen-bond acceptors (Lipinski definition) is 5. The van der Waals surface area contributed by atoms with Crippen molar-refractivity contribution in [3.8, 4) is 0 Å². The number of nitrogens with zero attached hydrogens (tertiary/aromatic N) is 2. The lowest BCUT2D eigenvalue weighted by Gasteiger charge is -2.36. The molecule has 0 spiro atoms. The first-order valence-electron chi connectivity index (χ1n) is 9.38. The van der Waals surface area contributed by atoms with Crippen LogP contribution in [0.15, 0.2) is 0 Å². The summed E-state index contributed by atoms with van der Waals surface area (Å²) in [6.07, 6.45) is 5.63. The first kappa shape index (κ1) is 16.7. The van der Waals surface area contributed by atoms with Gasteiger partial charge in [0, 0.05) is 39.3 Å². The lowest BCUT2D eigenvalue weighted by Crippen LogP contribution is -2.47. The van der Waals surface area contributed by atoms with E-state index in [1.165, 1.54) is 71.5 Å². The molecule has 3 aliphatic heterocycles. The van der Waals surface area contributed by atoms with E-state index in [0.717, 1.165) is 32.2 Å². The first-order valence-corrected chi connectivity index (χ1v) is 9.38. The van der Waals surface area contributed by atoms with E-state index in [2.05, 4.69) is 20.4 Å². The number of nitrogens with one attached hydrogen (secondary N) is 2. The quantitative estimate of drug-likeness (QED) is 0.742. The Morgan fingerprint density at radius 1 is 0.773 bits per heavy atom. The van der Waals surface area contributed by atoms with Crippen molar-refractivity contribution in [2.45, 2.75) is 31.8 Å². The Hall–Kier alpha value is -0.200. The highest BCUT2D eigenvalue weighted by atomic mass is 16.5. The minimum absolute atomic E-state index is 0.506. The summed E-state index contributed by atoms with van der Waals surface area (Å²) in [5, 5.41) is 6.84. The predicted octanol–water partition coefficient (Wildman–Crippen LogP) is 0.372. The van der Waals surface area contributed by atoms with Crippen LogP contribution in [0.3, 0.4) is 0 Å². The van der Waals surface area contributed by atoms with Crippen molar-refractivity contribution in [3.05, 3.63) is 0 Å². The zero-order valence-electron chi connectivity index (χ0n) is 14.1. The molecular weight excluding hydrogens is 276 g/mol. The lowest BCUT2D eigenvalue weighted by atomic mass is 9.96. The molecule has 0 aliphatic carbocycles. The van der Waals surface area contributed by atoms with E-state index in [4.69, 9.17) is 4.74 Å². The van der Waals surface area contributed by atoms with Gasteiger partial charge in [-0.05, 0) is 57.8 Å². The number of ether oxygens (including phenoxy) is 1. The largest absolute Gasteiger partial charge is 0.377 e. The summed E-state index contributed by atoms with van der Waals surface area (Å²) < 4.78 is 6.04. The van der Waals surface area contributed by atoms with Crippen LogP contribution in [0.2, 0.25) is 0 Å². The maximum atomic E-state index is 6.04. The molecule has 0 atom stereocenters. The molecule has 3 fully saturated rings. The van der Waals surface area contributed by atoms with Gasteiger partial charge in [-0.25, -0.2) is 0 Å². The van der Waals surface area contributed by atoms with Gasteiger partial charge in [0.25, 0.3) is 0 Å². The summed E-state index contributed by atoms with van der Waals surface area (Å²) >= 11 is 0. The number of rotatable bonds is 6. The molecule has 5 heteroatoms. The van der Waals surface area contributed by atoms with Gasteiger partial charge in [0.1, 0.15) is 0 Å². The summed E-state index contributed by atoms with van der Waals surface area (Å²) in [5.74, 6) is 0.916. The highest BCUT2D eigenvalue weighted by molar-refractivity contribution is 4.77. The number of hydrogen-bond donors (Lipinski definition) is 2. The van der Waals surface area contributed by atoms with Gasteiger partial charge in [-0.3, -0.25) is 0 Å². The highest BCUT2D eigenvalue weighted by Gasteiger charge is 2.22. The van der Waals surface area contributed by atoms with Crippen LogP contribution in [0.25, 0.3) is 0 Å². The van der Waals surface area contributed by atoms with Crippen LogP contribution in [0.4, 0.5) is 0 Å². The smallest absolute Gasteiger partial charge is 0.0600 e. The molecule has 0 unspecified atom stereocenters. The van der Waals surface area contributed by atoms with Crippen molar-refractivity contribution < 1.29 is 4.74 Å². The molecule has 0 saturated carbocycles. The molecule has 128 valence electrons. The molecule has 0 aromatic carbocycles. The SMILES string of the molecule is C1CC(OCCN2CCC(CN3CCNCC3)CC2)CCN1. The van der Waals surface area contributed by atoms with Crippen LogP contribution < -0.4 is 10.6 Å². The third-order valence-electron chi connectivity index (χ3n) is 5.48. The van der Waals surface area contributed by atoms with Gasteiger partial charge in [-0.1, -0.05) is 0 Å². The summed E-state index contributed by atoms with van der Waals surface area (Å²) in [7, 11) is 0. The Kier molecular flexibility index (Phi) is 6.95. The third-order valence-corrected chi connectivity index (χ3v) is 5.48. The van der Waals surface area contributed by atoms with E-state index in [9.17, 15) is 0 Å². The zero-order chi connectivity index (χ0) is 15.0. The third kappa shape index (κ3) is 5.46. The van der Waals surface area contributed by atoms with Crippen LogP contribution in [0, 0.1) is 5.92 Å². The van der Waals surface area contributed by atoms with E-state index in [1.807, 2.05) is 0 Å². The molecule has 0 aromatic heterocycles. The topological polar surface area (TPSA) is 39.8 Å². The van der Waals surface area contributed by atoms with E-state index in [0.29, 0.717) is 6.10 Å². The van der Waals surface area contributed by atoms with Crippen molar-refractivity contribution in [2.24, 2.45) is 5.92 Å². The molecular formula is C17H34N4O. The molecule has 22 heavy (non-hydrogen) atoms. The minimum atomic E-state index is 0.506. The lowest BCUT2D eigenvalue weighted by molar-refractivity contribution is 0.0144. The van der Waals surface area contributed by atoms with Crippen LogP contribution in [-0.4, -0.2) is 88.0 Å². The molecule has 0 radical (unpaired) electrons. The molecule has 3 saturated heterocycles. The maximum Gasteiger partial charge on any atom is 0.0600 e. The predicted molar refractivity (Wildman–Crippen MR) is 90.3 cm³/mol. The van der Waals surface area contributed by atoms with Crippen molar-refractivity contribution in [2.75, 3.05) is 72.1 Å². The van der Waals surface area contributed by atoms with Gasteiger partial charge < -0.3 is 25.2 Å². The summed E-state index contributed by atoms with van der Waals surface area (Å²) in [4.78, 5) is 5.26. The monoisotopic (exact) mass is 310 g/mol. The highest BCUT2D eigenvalue weighted by Crippen LogP contribution is 2.18. The zero-order valence-corrected chi connectivity index (χ0v) is 14.1. The molecule has 3 rings (SSSR count). The molecule has 3 aliphatic rings. The van der Waals surface area contributed by atoms with Gasteiger partial charge in [0.2, 0.25) is 0 Å². The molecule has 2 N–H and O–H groups in total. The fourth-order valence-electron chi connectivity index (χ4n) is 3.96. The van der Waals surface area contributed by atoms with E-state index in [1.54, 1.807) is 0 Å². The van der Waals surface area contributed by atoms with Crippen LogP contribution in [0.1, 0.15) is 25.7 Å². The first-order chi connectivity index (χ1) is 10.9. The average Bonchev–Trinajstić information content (AvgIpc) is 2.58. The van der Waals surface area contributed by atoms with Crippen molar-refractivity contribution in [1.29, 1.82) is 0 Å². The van der Waals surface area contributed by atoms with E-state index in [-0.39, 0.29) is 0 Å². The van der Waals surface area contributed by atoms with Gasteiger partial charge in [-0.15, -0.1) is 0 Å². The second-order valence-electron chi connectivity index (χ2n) is 7.16. The van der Waals surface area contributed by atoms with Gasteiger partial charge in [0.05, 0.1) is 12.7 Å². The Morgan fingerprint density at radius 3 is 2.18 bits per heavy atom. The summed E-state index contributed by atoms with van der Waals surface area (Å²) in [5.41, 5.74) is 0. The fourth-order valence-corrected chi connectivity index (χ4v) is 3.96. The van der Waals surface area contributed by atoms with Crippen molar-refractivity contribution >= 4 is 0 Å². The Labute approximate surface area is 135 Å². The van der Waals surface area contributed by atoms with E-state index < -0.39 is 0 Å². The average molecular weight is 310 g/mol. The van der Waals surface area contributed by atoms with Crippen molar-refractivity contribution in [1.82, 2.24) is 20.4 Å². The van der Waals surface area contributed by atoms with Gasteiger partial charge in [0.15, 0.2) is 0 Å². The Balaban J connectivity index is 1.25. The second-order valence-corrected chi connectivity index (χ2v) is 7.16. The van der Waals surface area contributed by atoms with Crippen molar-refractivity contribution in [3.63, 3.8) is 0 Å². The molecule has 5 nitrogen and oxygen atoms in total. The molecule has 0 bridgehead atoms. The van der Waals surface area contributed by atoms with E-state index >= 15 is 0 Å². The fraction of sp³-hybridized carbons (Fsp3) is 1.00. The van der Waals surface area contributed by atoms with Crippen LogP contribution in [-0.2, 0) is 4.74 Å². The second kappa shape index (κ2) is 9.18. The van der Waals surface area contributed by atoms with Gasteiger partial charge >= 0.3 is 0 Å². The standard InChI is InChI=1S/C17H34N4O/c1-5-18-6-2-17(1)22-14-13-20-9-3-16(4-10-20)15-21-11-7-19-8-12-21/h16-19H,1-15H2. The van der Waals surface area contributed by atoms with Crippen LogP contribution in [0.5, 0.6) is 0 Å². The molecule has 0 aromatic rings.